The maximum atomic E-state index is 12.1. The zero-order valence-corrected chi connectivity index (χ0v) is 11.4. The van der Waals surface area contributed by atoms with Gasteiger partial charge < -0.3 is 9.47 Å². The number of hydrogen-bond acceptors (Lipinski definition) is 5. The quantitative estimate of drug-likeness (QED) is 0.375. The normalized spacial score (nSPS) is 12.5. The van der Waals surface area contributed by atoms with Gasteiger partial charge in [0.25, 0.3) is 5.69 Å². The van der Waals surface area contributed by atoms with E-state index >= 15 is 0 Å². The van der Waals surface area contributed by atoms with Gasteiger partial charge in [0.2, 0.25) is 6.79 Å². The fraction of sp³-hybridized carbons (Fsp3) is 0.0625. The molecule has 22 heavy (non-hydrogen) atoms. The van der Waals surface area contributed by atoms with Gasteiger partial charge in [-0.2, -0.15) is 0 Å². The van der Waals surface area contributed by atoms with Crippen LogP contribution in [0, 0.1) is 10.1 Å². The Bertz CT molecular complexity index is 782. The minimum atomic E-state index is -0.568. The van der Waals surface area contributed by atoms with Crippen LogP contribution in [0.5, 0.6) is 11.5 Å². The number of fused-ring (bicyclic) bond motifs is 1. The Balaban J connectivity index is 1.84. The zero-order valence-electron chi connectivity index (χ0n) is 11.4. The number of nitrogens with zero attached hydrogens (tertiary/aromatic N) is 1. The molecule has 0 spiro atoms. The predicted octanol–water partition coefficient (Wildman–Crippen LogP) is 3.22. The molecule has 1 aliphatic rings. The number of nitro groups is 1. The number of ether oxygens (including phenoxy) is 2. The van der Waals surface area contributed by atoms with Crippen LogP contribution in [0.4, 0.5) is 5.69 Å². The first-order chi connectivity index (χ1) is 10.6. The fourth-order valence-electron chi connectivity index (χ4n) is 2.12. The van der Waals surface area contributed by atoms with Crippen LogP contribution in [-0.2, 0) is 0 Å². The Hall–Kier alpha value is -3.15. The molecule has 0 atom stereocenters. The topological polar surface area (TPSA) is 78.7 Å². The summed E-state index contributed by atoms with van der Waals surface area (Å²) in [4.78, 5) is 22.5. The van der Waals surface area contributed by atoms with Crippen molar-refractivity contribution < 1.29 is 19.2 Å². The van der Waals surface area contributed by atoms with E-state index in [1.165, 1.54) is 24.3 Å². The van der Waals surface area contributed by atoms with Crippen molar-refractivity contribution in [3.05, 3.63) is 69.8 Å². The van der Waals surface area contributed by atoms with Crippen molar-refractivity contribution in [2.75, 3.05) is 6.79 Å². The number of carbonyl (C=O) groups is 1. The standard InChI is InChI=1S/C16H11NO5/c18-14(12-3-1-2-4-13(12)17(19)20)7-5-11-6-8-15-16(9-11)22-10-21-15/h1-9H,10H2. The van der Waals surface area contributed by atoms with Crippen LogP contribution in [-0.4, -0.2) is 17.5 Å². The van der Waals surface area contributed by atoms with E-state index in [1.54, 1.807) is 30.3 Å². The van der Waals surface area contributed by atoms with Gasteiger partial charge >= 0.3 is 0 Å². The molecule has 0 saturated carbocycles. The lowest BCUT2D eigenvalue weighted by Gasteiger charge is -1.99. The zero-order chi connectivity index (χ0) is 15.5. The number of para-hydroxylation sites is 1. The van der Waals surface area contributed by atoms with Crippen LogP contribution in [0.3, 0.4) is 0 Å². The van der Waals surface area contributed by atoms with Crippen molar-refractivity contribution >= 4 is 17.5 Å². The van der Waals surface area contributed by atoms with Gasteiger partial charge in [0.15, 0.2) is 17.3 Å². The second-order valence-electron chi connectivity index (χ2n) is 4.58. The lowest BCUT2D eigenvalue weighted by molar-refractivity contribution is -0.385. The smallest absolute Gasteiger partial charge is 0.280 e. The minimum absolute atomic E-state index is 0.0597. The van der Waals surface area contributed by atoms with E-state index in [-0.39, 0.29) is 18.0 Å². The molecule has 0 amide bonds. The Morgan fingerprint density at radius 1 is 1.14 bits per heavy atom. The third-order valence-corrected chi connectivity index (χ3v) is 3.19. The molecular formula is C16H11NO5. The number of nitro benzene ring substituents is 1. The first-order valence-corrected chi connectivity index (χ1v) is 6.50. The van der Waals surface area contributed by atoms with Crippen molar-refractivity contribution in [2.45, 2.75) is 0 Å². The average Bonchev–Trinajstić information content (AvgIpc) is 3.00. The first kappa shape index (κ1) is 13.8. The van der Waals surface area contributed by atoms with Gasteiger partial charge in [-0.15, -0.1) is 0 Å². The largest absolute Gasteiger partial charge is 0.454 e. The lowest BCUT2D eigenvalue weighted by atomic mass is 10.1. The first-order valence-electron chi connectivity index (χ1n) is 6.50. The summed E-state index contributed by atoms with van der Waals surface area (Å²) in [5.41, 5.74) is 0.600. The van der Waals surface area contributed by atoms with Crippen molar-refractivity contribution in [2.24, 2.45) is 0 Å². The second-order valence-corrected chi connectivity index (χ2v) is 4.58. The van der Waals surface area contributed by atoms with Gasteiger partial charge in [-0.3, -0.25) is 14.9 Å². The van der Waals surface area contributed by atoms with Crippen molar-refractivity contribution in [1.82, 2.24) is 0 Å². The maximum Gasteiger partial charge on any atom is 0.280 e. The Kier molecular flexibility index (Phi) is 3.57. The van der Waals surface area contributed by atoms with Crippen LogP contribution < -0.4 is 9.47 Å². The summed E-state index contributed by atoms with van der Waals surface area (Å²) >= 11 is 0. The highest BCUT2D eigenvalue weighted by atomic mass is 16.7. The van der Waals surface area contributed by atoms with E-state index in [0.717, 1.165) is 5.56 Å². The summed E-state index contributed by atoms with van der Waals surface area (Å²) in [5.74, 6) is 0.840. The van der Waals surface area contributed by atoms with E-state index in [9.17, 15) is 14.9 Å². The number of ketones is 1. The summed E-state index contributed by atoms with van der Waals surface area (Å²) in [6.07, 6.45) is 2.89. The van der Waals surface area contributed by atoms with E-state index in [0.29, 0.717) is 11.5 Å². The molecule has 0 N–H and O–H groups in total. The van der Waals surface area contributed by atoms with Gasteiger partial charge in [-0.25, -0.2) is 0 Å². The number of benzene rings is 2. The maximum absolute atomic E-state index is 12.1. The van der Waals surface area contributed by atoms with Gasteiger partial charge in [0.1, 0.15) is 0 Å². The summed E-state index contributed by atoms with van der Waals surface area (Å²) < 4.78 is 10.5. The molecule has 3 rings (SSSR count). The summed E-state index contributed by atoms with van der Waals surface area (Å²) in [6, 6.07) is 11.1. The predicted molar refractivity (Wildman–Crippen MR) is 79.0 cm³/mol. The van der Waals surface area contributed by atoms with Gasteiger partial charge in [0, 0.05) is 6.07 Å². The molecule has 110 valence electrons. The Labute approximate surface area is 125 Å². The van der Waals surface area contributed by atoms with Crippen molar-refractivity contribution in [1.29, 1.82) is 0 Å². The van der Waals surface area contributed by atoms with Crippen molar-refractivity contribution in [3.63, 3.8) is 0 Å². The van der Waals surface area contributed by atoms with E-state index in [2.05, 4.69) is 0 Å². The summed E-state index contributed by atoms with van der Waals surface area (Å²) in [7, 11) is 0. The molecule has 6 heteroatoms. The molecule has 0 fully saturated rings. The van der Waals surface area contributed by atoms with Gasteiger partial charge in [0.05, 0.1) is 10.5 Å². The molecule has 6 nitrogen and oxygen atoms in total. The SMILES string of the molecule is O=C(C=Cc1ccc2c(c1)OCO2)c1ccccc1[N+](=O)[O-]. The summed E-state index contributed by atoms with van der Waals surface area (Å²) in [5, 5.41) is 10.9. The highest BCUT2D eigenvalue weighted by molar-refractivity contribution is 6.09. The van der Waals surface area contributed by atoms with Crippen LogP contribution >= 0.6 is 0 Å². The van der Waals surface area contributed by atoms with Crippen molar-refractivity contribution in [3.8, 4) is 11.5 Å². The number of allylic oxidation sites excluding steroid dienone is 1. The minimum Gasteiger partial charge on any atom is -0.454 e. The third kappa shape index (κ3) is 2.67. The molecular weight excluding hydrogens is 286 g/mol. The Morgan fingerprint density at radius 2 is 1.91 bits per heavy atom. The molecule has 1 aliphatic heterocycles. The molecule has 2 aromatic rings. The monoisotopic (exact) mass is 297 g/mol. The van der Waals surface area contributed by atoms with E-state index < -0.39 is 10.7 Å². The molecule has 0 radical (unpaired) electrons. The van der Waals surface area contributed by atoms with Crippen LogP contribution in [0.1, 0.15) is 15.9 Å². The third-order valence-electron chi connectivity index (χ3n) is 3.19. The lowest BCUT2D eigenvalue weighted by Crippen LogP contribution is -2.00. The number of hydrogen-bond donors (Lipinski definition) is 0. The van der Waals surface area contributed by atoms with Gasteiger partial charge in [-0.1, -0.05) is 24.3 Å². The molecule has 2 aromatic carbocycles. The second kappa shape index (κ2) is 5.69. The van der Waals surface area contributed by atoms with E-state index in [1.807, 2.05) is 0 Å². The summed E-state index contributed by atoms with van der Waals surface area (Å²) in [6.45, 7) is 0.178. The Morgan fingerprint density at radius 3 is 2.73 bits per heavy atom. The number of carbonyl (C=O) groups excluding carboxylic acids is 1. The van der Waals surface area contributed by atoms with Crippen LogP contribution in [0.15, 0.2) is 48.5 Å². The average molecular weight is 297 g/mol. The fourth-order valence-corrected chi connectivity index (χ4v) is 2.12. The van der Waals surface area contributed by atoms with Gasteiger partial charge in [-0.05, 0) is 29.8 Å². The molecule has 0 aromatic heterocycles. The molecule has 1 heterocycles. The van der Waals surface area contributed by atoms with E-state index in [4.69, 9.17) is 9.47 Å². The highest BCUT2D eigenvalue weighted by Gasteiger charge is 2.17. The molecule has 0 saturated heterocycles. The van der Waals surface area contributed by atoms with Crippen LogP contribution in [0.2, 0.25) is 0 Å². The molecule has 0 bridgehead atoms. The van der Waals surface area contributed by atoms with Crippen LogP contribution in [0.25, 0.3) is 6.08 Å². The number of rotatable bonds is 4. The highest BCUT2D eigenvalue weighted by Crippen LogP contribution is 2.32. The molecule has 0 unspecified atom stereocenters. The molecule has 0 aliphatic carbocycles.